The predicted octanol–water partition coefficient (Wildman–Crippen LogP) is 4.40. The maximum Gasteiger partial charge on any atom is 0.323 e. The van der Waals surface area contributed by atoms with Crippen LogP contribution >= 0.6 is 0 Å². The summed E-state index contributed by atoms with van der Waals surface area (Å²) in [4.78, 5) is 29.3. The molecule has 0 saturated heterocycles. The van der Waals surface area contributed by atoms with Crippen molar-refractivity contribution in [2.75, 3.05) is 5.32 Å². The molecule has 6 heteroatoms. The normalized spacial score (nSPS) is 10.8. The van der Waals surface area contributed by atoms with E-state index in [1.807, 2.05) is 72.8 Å². The highest BCUT2D eigenvalue weighted by atomic mass is 16.5. The quantitative estimate of drug-likeness (QED) is 0.409. The van der Waals surface area contributed by atoms with Crippen LogP contribution in [0.4, 0.5) is 5.69 Å². The summed E-state index contributed by atoms with van der Waals surface area (Å²) in [6.07, 6.45) is 1.89. The van der Waals surface area contributed by atoms with Gasteiger partial charge in [-0.25, -0.2) is 4.79 Å². The number of H-pyrrole nitrogens is 2. The lowest BCUT2D eigenvalue weighted by atomic mass is 10.1. The highest BCUT2D eigenvalue weighted by Crippen LogP contribution is 2.19. The standard InChI is InChI=1S/C24H23N3O3/c28-23(12-6-7-17-13-14-21-22(15-17)27-24(29)26-21)25-20-11-5-4-8-18(20)16-30-19-9-2-1-3-10-19/h1-5,8-11,13-15H,6-7,12,16H2,(H,25,28)(H2,26,27,29). The van der Waals surface area contributed by atoms with Crippen molar-refractivity contribution in [1.29, 1.82) is 0 Å². The number of carbonyl (C=O) groups is 1. The van der Waals surface area contributed by atoms with Gasteiger partial charge < -0.3 is 20.0 Å². The molecule has 0 aliphatic rings. The maximum atomic E-state index is 12.4. The number of aryl methyl sites for hydroxylation is 1. The molecule has 4 rings (SSSR count). The summed E-state index contributed by atoms with van der Waals surface area (Å²) < 4.78 is 5.81. The molecule has 4 aromatic rings. The van der Waals surface area contributed by atoms with Gasteiger partial charge in [0.15, 0.2) is 0 Å². The van der Waals surface area contributed by atoms with Crippen LogP contribution in [-0.4, -0.2) is 15.9 Å². The molecule has 1 aromatic heterocycles. The van der Waals surface area contributed by atoms with Crippen molar-refractivity contribution < 1.29 is 9.53 Å². The van der Waals surface area contributed by atoms with Crippen molar-refractivity contribution >= 4 is 22.6 Å². The Bertz CT molecular complexity index is 1200. The number of carbonyl (C=O) groups excluding carboxylic acids is 1. The molecule has 0 aliphatic heterocycles. The minimum Gasteiger partial charge on any atom is -0.489 e. The van der Waals surface area contributed by atoms with Crippen molar-refractivity contribution in [3.05, 3.63) is 94.4 Å². The largest absolute Gasteiger partial charge is 0.489 e. The van der Waals surface area contributed by atoms with Gasteiger partial charge >= 0.3 is 5.69 Å². The second-order valence-corrected chi connectivity index (χ2v) is 7.12. The van der Waals surface area contributed by atoms with E-state index in [0.717, 1.165) is 40.0 Å². The van der Waals surface area contributed by atoms with E-state index < -0.39 is 0 Å². The average Bonchev–Trinajstić information content (AvgIpc) is 3.13. The van der Waals surface area contributed by atoms with Crippen molar-refractivity contribution in [2.45, 2.75) is 25.9 Å². The third kappa shape index (κ3) is 4.97. The van der Waals surface area contributed by atoms with Gasteiger partial charge in [0.05, 0.1) is 11.0 Å². The van der Waals surface area contributed by atoms with Crippen LogP contribution in [0.3, 0.4) is 0 Å². The van der Waals surface area contributed by atoms with Crippen LogP contribution in [0, 0.1) is 0 Å². The van der Waals surface area contributed by atoms with E-state index in [0.29, 0.717) is 19.4 Å². The number of hydrogen-bond acceptors (Lipinski definition) is 3. The fourth-order valence-corrected chi connectivity index (χ4v) is 3.35. The smallest absolute Gasteiger partial charge is 0.323 e. The average molecular weight is 401 g/mol. The summed E-state index contributed by atoms with van der Waals surface area (Å²) in [5.74, 6) is 0.762. The second kappa shape index (κ2) is 9.13. The molecule has 1 heterocycles. The monoisotopic (exact) mass is 401 g/mol. The Balaban J connectivity index is 1.30. The topological polar surface area (TPSA) is 87.0 Å². The number of fused-ring (bicyclic) bond motifs is 1. The number of benzene rings is 3. The summed E-state index contributed by atoms with van der Waals surface area (Å²) in [6, 6.07) is 23.1. The maximum absolute atomic E-state index is 12.4. The lowest BCUT2D eigenvalue weighted by Crippen LogP contribution is -2.13. The molecule has 0 saturated carbocycles. The van der Waals surface area contributed by atoms with E-state index in [1.54, 1.807) is 0 Å². The summed E-state index contributed by atoms with van der Waals surface area (Å²) in [7, 11) is 0. The fourth-order valence-electron chi connectivity index (χ4n) is 3.35. The Morgan fingerprint density at radius 1 is 0.900 bits per heavy atom. The number of hydrogen-bond donors (Lipinski definition) is 3. The van der Waals surface area contributed by atoms with Crippen LogP contribution in [0.1, 0.15) is 24.0 Å². The minimum absolute atomic E-state index is 0.0294. The number of imidazole rings is 1. The number of rotatable bonds is 8. The third-order valence-corrected chi connectivity index (χ3v) is 4.88. The molecule has 3 N–H and O–H groups in total. The van der Waals surface area contributed by atoms with Crippen molar-refractivity contribution in [3.63, 3.8) is 0 Å². The molecule has 0 spiro atoms. The number of aromatic nitrogens is 2. The van der Waals surface area contributed by atoms with Gasteiger partial charge in [-0.2, -0.15) is 0 Å². The molecule has 0 aliphatic carbocycles. The van der Waals surface area contributed by atoms with Gasteiger partial charge in [0, 0.05) is 17.7 Å². The Morgan fingerprint density at radius 3 is 2.53 bits per heavy atom. The zero-order valence-electron chi connectivity index (χ0n) is 16.5. The first-order valence-corrected chi connectivity index (χ1v) is 9.94. The van der Waals surface area contributed by atoms with Crippen LogP contribution in [-0.2, 0) is 17.8 Å². The molecule has 1 amide bonds. The zero-order chi connectivity index (χ0) is 20.8. The molecule has 152 valence electrons. The Hall–Kier alpha value is -3.80. The highest BCUT2D eigenvalue weighted by Gasteiger charge is 2.08. The molecule has 0 unspecified atom stereocenters. The van der Waals surface area contributed by atoms with Crippen LogP contribution in [0.15, 0.2) is 77.6 Å². The lowest BCUT2D eigenvalue weighted by Gasteiger charge is -2.12. The first-order chi connectivity index (χ1) is 14.7. The zero-order valence-corrected chi connectivity index (χ0v) is 16.5. The van der Waals surface area contributed by atoms with Crippen molar-refractivity contribution in [2.24, 2.45) is 0 Å². The number of aromatic amines is 2. The first kappa shape index (κ1) is 19.5. The van der Waals surface area contributed by atoms with E-state index >= 15 is 0 Å². The molecule has 0 fully saturated rings. The molecule has 30 heavy (non-hydrogen) atoms. The van der Waals surface area contributed by atoms with Crippen LogP contribution in [0.2, 0.25) is 0 Å². The molecule has 0 radical (unpaired) electrons. The van der Waals surface area contributed by atoms with Gasteiger partial charge in [-0.15, -0.1) is 0 Å². The van der Waals surface area contributed by atoms with Gasteiger partial charge in [-0.3, -0.25) is 4.79 Å². The second-order valence-electron chi connectivity index (χ2n) is 7.12. The number of amides is 1. The Kier molecular flexibility index (Phi) is 5.94. The fraction of sp³-hybridized carbons (Fsp3) is 0.167. The summed E-state index contributed by atoms with van der Waals surface area (Å²) in [5.41, 5.74) is 4.14. The third-order valence-electron chi connectivity index (χ3n) is 4.88. The van der Waals surface area contributed by atoms with Crippen LogP contribution < -0.4 is 15.7 Å². The number of nitrogens with one attached hydrogen (secondary N) is 3. The molecule has 3 aromatic carbocycles. The van der Waals surface area contributed by atoms with E-state index in [2.05, 4.69) is 15.3 Å². The highest BCUT2D eigenvalue weighted by molar-refractivity contribution is 5.91. The molecule has 0 bridgehead atoms. The number of para-hydroxylation sites is 2. The summed E-state index contributed by atoms with van der Waals surface area (Å²) in [6.45, 7) is 0.384. The minimum atomic E-state index is -0.212. The van der Waals surface area contributed by atoms with E-state index in [1.165, 1.54) is 0 Å². The first-order valence-electron chi connectivity index (χ1n) is 9.94. The van der Waals surface area contributed by atoms with Gasteiger partial charge in [0.25, 0.3) is 0 Å². The Morgan fingerprint density at radius 2 is 1.67 bits per heavy atom. The van der Waals surface area contributed by atoms with E-state index in [4.69, 9.17) is 4.74 Å². The molecule has 6 nitrogen and oxygen atoms in total. The van der Waals surface area contributed by atoms with E-state index in [-0.39, 0.29) is 11.6 Å². The van der Waals surface area contributed by atoms with Gasteiger partial charge in [0.1, 0.15) is 12.4 Å². The summed E-state index contributed by atoms with van der Waals surface area (Å²) in [5, 5.41) is 2.99. The van der Waals surface area contributed by atoms with Crippen molar-refractivity contribution in [1.82, 2.24) is 9.97 Å². The van der Waals surface area contributed by atoms with Crippen molar-refractivity contribution in [3.8, 4) is 5.75 Å². The lowest BCUT2D eigenvalue weighted by molar-refractivity contribution is -0.116. The van der Waals surface area contributed by atoms with Gasteiger partial charge in [-0.1, -0.05) is 42.5 Å². The number of anilines is 1. The summed E-state index contributed by atoms with van der Waals surface area (Å²) >= 11 is 0. The molecular weight excluding hydrogens is 378 g/mol. The van der Waals surface area contributed by atoms with E-state index in [9.17, 15) is 9.59 Å². The molecule has 0 atom stereocenters. The molecular formula is C24H23N3O3. The van der Waals surface area contributed by atoms with Crippen LogP contribution in [0.5, 0.6) is 5.75 Å². The Labute approximate surface area is 173 Å². The van der Waals surface area contributed by atoms with Gasteiger partial charge in [-0.05, 0) is 48.7 Å². The van der Waals surface area contributed by atoms with Gasteiger partial charge in [0.2, 0.25) is 5.91 Å². The number of ether oxygens (including phenoxy) is 1. The SMILES string of the molecule is O=C(CCCc1ccc2[nH]c(=O)[nH]c2c1)Nc1ccccc1COc1ccccc1. The van der Waals surface area contributed by atoms with Crippen LogP contribution in [0.25, 0.3) is 11.0 Å². The predicted molar refractivity (Wildman–Crippen MR) is 118 cm³/mol.